The molecular weight excluding hydrogens is 412 g/mol. The summed E-state index contributed by atoms with van der Waals surface area (Å²) in [4.78, 5) is 31.5. The SMILES string of the molecule is CN(C)CCCN(C(=O)c1ccc([N+](=O)[O-])o1)c1nc2cc3c(cc2s1)OCCO3. The van der Waals surface area contributed by atoms with Gasteiger partial charge < -0.3 is 18.8 Å². The average molecular weight is 432 g/mol. The summed E-state index contributed by atoms with van der Waals surface area (Å²) in [5.74, 6) is 0.224. The Morgan fingerprint density at radius 3 is 2.60 bits per heavy atom. The maximum absolute atomic E-state index is 13.1. The van der Waals surface area contributed by atoms with Crippen molar-refractivity contribution < 1.29 is 23.6 Å². The molecule has 0 bridgehead atoms. The van der Waals surface area contributed by atoms with E-state index in [-0.39, 0.29) is 5.76 Å². The van der Waals surface area contributed by atoms with Gasteiger partial charge in [-0.15, -0.1) is 0 Å². The molecule has 158 valence electrons. The topological polar surface area (TPSA) is 111 Å². The molecule has 1 aliphatic rings. The molecule has 0 atom stereocenters. The second-order valence-electron chi connectivity index (χ2n) is 6.97. The number of anilines is 1. The van der Waals surface area contributed by atoms with Gasteiger partial charge in [-0.05, 0) is 33.1 Å². The Labute approximate surface area is 175 Å². The molecule has 0 radical (unpaired) electrons. The van der Waals surface area contributed by atoms with Crippen LogP contribution in [0, 0.1) is 10.1 Å². The predicted octanol–water partition coefficient (Wildman–Crippen LogP) is 3.17. The van der Waals surface area contributed by atoms with Crippen LogP contribution in [0.4, 0.5) is 11.0 Å². The lowest BCUT2D eigenvalue weighted by atomic mass is 10.3. The average Bonchev–Trinajstić information content (AvgIpc) is 3.35. The van der Waals surface area contributed by atoms with Crippen molar-refractivity contribution in [2.45, 2.75) is 6.42 Å². The molecule has 0 saturated carbocycles. The van der Waals surface area contributed by atoms with Crippen molar-refractivity contribution in [3.05, 3.63) is 40.1 Å². The highest BCUT2D eigenvalue weighted by Gasteiger charge is 2.26. The third-order valence-electron chi connectivity index (χ3n) is 4.49. The van der Waals surface area contributed by atoms with E-state index in [1.165, 1.54) is 28.4 Å². The third kappa shape index (κ3) is 4.07. The van der Waals surface area contributed by atoms with Gasteiger partial charge in [-0.3, -0.25) is 19.8 Å². The van der Waals surface area contributed by atoms with E-state index in [1.807, 2.05) is 25.1 Å². The van der Waals surface area contributed by atoms with Crippen LogP contribution in [0.3, 0.4) is 0 Å². The van der Waals surface area contributed by atoms with Crippen LogP contribution in [0.2, 0.25) is 0 Å². The maximum atomic E-state index is 13.1. The molecule has 0 aliphatic carbocycles. The fraction of sp³-hybridized carbons (Fsp3) is 0.368. The van der Waals surface area contributed by atoms with E-state index in [4.69, 9.17) is 13.9 Å². The first-order valence-corrected chi connectivity index (χ1v) is 10.1. The summed E-state index contributed by atoms with van der Waals surface area (Å²) in [6.45, 7) is 2.11. The molecule has 4 rings (SSSR count). The molecular formula is C19H20N4O6S. The lowest BCUT2D eigenvalue weighted by Gasteiger charge is -2.19. The molecule has 0 N–H and O–H groups in total. The van der Waals surface area contributed by atoms with E-state index in [9.17, 15) is 14.9 Å². The lowest BCUT2D eigenvalue weighted by Crippen LogP contribution is -2.33. The number of hydrogen-bond acceptors (Lipinski definition) is 9. The van der Waals surface area contributed by atoms with Gasteiger partial charge in [-0.1, -0.05) is 11.3 Å². The molecule has 2 aromatic heterocycles. The molecule has 1 amide bonds. The van der Waals surface area contributed by atoms with E-state index in [0.29, 0.717) is 48.3 Å². The molecule has 0 saturated heterocycles. The lowest BCUT2D eigenvalue weighted by molar-refractivity contribution is -0.402. The zero-order chi connectivity index (χ0) is 21.3. The summed E-state index contributed by atoms with van der Waals surface area (Å²) in [6, 6.07) is 6.13. The number of nitro groups is 1. The number of amides is 1. The van der Waals surface area contributed by atoms with E-state index < -0.39 is 16.7 Å². The number of benzene rings is 1. The summed E-state index contributed by atoms with van der Waals surface area (Å²) in [6.07, 6.45) is 0.695. The molecule has 1 aliphatic heterocycles. The summed E-state index contributed by atoms with van der Waals surface area (Å²) < 4.78 is 17.2. The van der Waals surface area contributed by atoms with Gasteiger partial charge in [0, 0.05) is 18.7 Å². The summed E-state index contributed by atoms with van der Waals surface area (Å²) in [5, 5.41) is 11.4. The second kappa shape index (κ2) is 8.28. The first-order valence-electron chi connectivity index (χ1n) is 9.33. The van der Waals surface area contributed by atoms with Gasteiger partial charge in [-0.2, -0.15) is 0 Å². The molecule has 1 aromatic carbocycles. The summed E-state index contributed by atoms with van der Waals surface area (Å²) in [5.41, 5.74) is 0.690. The Balaban J connectivity index is 1.67. The second-order valence-corrected chi connectivity index (χ2v) is 7.98. The van der Waals surface area contributed by atoms with Crippen molar-refractivity contribution in [2.75, 3.05) is 45.3 Å². The number of nitrogens with zero attached hydrogens (tertiary/aromatic N) is 4. The normalized spacial score (nSPS) is 13.0. The highest BCUT2D eigenvalue weighted by atomic mass is 32.1. The van der Waals surface area contributed by atoms with Crippen molar-refractivity contribution in [3.63, 3.8) is 0 Å². The molecule has 0 unspecified atom stereocenters. The molecule has 3 aromatic rings. The summed E-state index contributed by atoms with van der Waals surface area (Å²) >= 11 is 1.34. The third-order valence-corrected chi connectivity index (χ3v) is 5.53. The number of thiazole rings is 1. The first kappa shape index (κ1) is 20.1. The Bertz CT molecular complexity index is 1050. The van der Waals surface area contributed by atoms with Crippen LogP contribution >= 0.6 is 11.3 Å². The minimum Gasteiger partial charge on any atom is -0.486 e. The zero-order valence-electron chi connectivity index (χ0n) is 16.5. The maximum Gasteiger partial charge on any atom is 0.433 e. The van der Waals surface area contributed by atoms with Crippen molar-refractivity contribution in [3.8, 4) is 11.5 Å². The van der Waals surface area contributed by atoms with Crippen LogP contribution in [0.5, 0.6) is 11.5 Å². The van der Waals surface area contributed by atoms with Gasteiger partial charge in [-0.25, -0.2) is 4.98 Å². The monoisotopic (exact) mass is 432 g/mol. The van der Waals surface area contributed by atoms with Crippen molar-refractivity contribution >= 4 is 38.5 Å². The van der Waals surface area contributed by atoms with E-state index in [1.54, 1.807) is 6.07 Å². The van der Waals surface area contributed by atoms with Gasteiger partial charge in [0.15, 0.2) is 22.4 Å². The Morgan fingerprint density at radius 1 is 1.20 bits per heavy atom. The van der Waals surface area contributed by atoms with Crippen LogP contribution in [0.15, 0.2) is 28.7 Å². The summed E-state index contributed by atoms with van der Waals surface area (Å²) in [7, 11) is 3.90. The van der Waals surface area contributed by atoms with Gasteiger partial charge in [0.05, 0.1) is 16.3 Å². The van der Waals surface area contributed by atoms with E-state index in [2.05, 4.69) is 4.98 Å². The van der Waals surface area contributed by atoms with Crippen LogP contribution in [0.25, 0.3) is 10.2 Å². The number of rotatable bonds is 7. The number of hydrogen-bond donors (Lipinski definition) is 0. The fourth-order valence-corrected chi connectivity index (χ4v) is 4.07. The fourth-order valence-electron chi connectivity index (χ4n) is 3.07. The number of fused-ring (bicyclic) bond motifs is 2. The van der Waals surface area contributed by atoms with E-state index in [0.717, 1.165) is 11.2 Å². The van der Waals surface area contributed by atoms with Crippen molar-refractivity contribution in [2.24, 2.45) is 0 Å². The van der Waals surface area contributed by atoms with Crippen LogP contribution in [-0.2, 0) is 0 Å². The van der Waals surface area contributed by atoms with Gasteiger partial charge in [0.1, 0.15) is 18.1 Å². The quantitative estimate of drug-likeness (QED) is 0.413. The van der Waals surface area contributed by atoms with Crippen LogP contribution < -0.4 is 14.4 Å². The van der Waals surface area contributed by atoms with Crippen molar-refractivity contribution in [1.82, 2.24) is 9.88 Å². The minimum absolute atomic E-state index is 0.100. The zero-order valence-corrected chi connectivity index (χ0v) is 17.3. The Morgan fingerprint density at radius 2 is 1.93 bits per heavy atom. The highest BCUT2D eigenvalue weighted by molar-refractivity contribution is 7.22. The standard InChI is InChI=1S/C19H20N4O6S/c1-21(2)6-3-7-22(18(24)13-4-5-17(29-13)23(25)26)19-20-12-10-14-15(11-16(12)30-19)28-9-8-27-14/h4-5,10-11H,3,6-9H2,1-2H3. The molecule has 0 fully saturated rings. The number of furan rings is 1. The van der Waals surface area contributed by atoms with Crippen LogP contribution in [-0.4, -0.2) is 61.1 Å². The molecule has 10 nitrogen and oxygen atoms in total. The molecule has 30 heavy (non-hydrogen) atoms. The van der Waals surface area contributed by atoms with Crippen molar-refractivity contribution in [1.29, 1.82) is 0 Å². The molecule has 11 heteroatoms. The predicted molar refractivity (Wildman–Crippen MR) is 111 cm³/mol. The first-order chi connectivity index (χ1) is 14.4. The van der Waals surface area contributed by atoms with Gasteiger partial charge in [0.2, 0.25) is 0 Å². The smallest absolute Gasteiger partial charge is 0.433 e. The minimum atomic E-state index is -0.671. The number of aromatic nitrogens is 1. The van der Waals surface area contributed by atoms with E-state index >= 15 is 0 Å². The molecule has 3 heterocycles. The largest absolute Gasteiger partial charge is 0.486 e. The van der Waals surface area contributed by atoms with Gasteiger partial charge >= 0.3 is 5.88 Å². The van der Waals surface area contributed by atoms with Crippen LogP contribution in [0.1, 0.15) is 17.0 Å². The molecule has 0 spiro atoms. The number of carbonyl (C=O) groups excluding carboxylic acids is 1. The highest BCUT2D eigenvalue weighted by Crippen LogP contribution is 2.39. The number of ether oxygens (including phenoxy) is 2. The Hall–Kier alpha value is -3.18. The number of carbonyl (C=O) groups is 1. The Kier molecular flexibility index (Phi) is 5.55. The van der Waals surface area contributed by atoms with Gasteiger partial charge in [0.25, 0.3) is 5.91 Å².